The van der Waals surface area contributed by atoms with Gasteiger partial charge in [0.05, 0.1) is 7.11 Å². The fourth-order valence-electron chi connectivity index (χ4n) is 4.30. The first-order valence-electron chi connectivity index (χ1n) is 12.0. The summed E-state index contributed by atoms with van der Waals surface area (Å²) in [7, 11) is 1.78. The predicted octanol–water partition coefficient (Wildman–Crippen LogP) is 9.13. The quantitative estimate of drug-likeness (QED) is 0.191. The Labute approximate surface area is 185 Å². The molecule has 0 radical (unpaired) electrons. The molecule has 0 N–H and O–H groups in total. The number of hydrogen-bond donors (Lipinski definition) is 0. The third kappa shape index (κ3) is 8.01. The second kappa shape index (κ2) is 13.3. The monoisotopic (exact) mass is 406 g/mol. The fourth-order valence-corrected chi connectivity index (χ4v) is 4.30. The molecule has 1 aromatic carbocycles. The van der Waals surface area contributed by atoms with Crippen molar-refractivity contribution in [3.8, 4) is 0 Å². The van der Waals surface area contributed by atoms with E-state index in [0.717, 1.165) is 34.8 Å². The Morgan fingerprint density at radius 1 is 1.03 bits per heavy atom. The molecule has 164 valence electrons. The van der Waals surface area contributed by atoms with Gasteiger partial charge in [0.15, 0.2) is 0 Å². The van der Waals surface area contributed by atoms with E-state index in [2.05, 4.69) is 56.5 Å². The van der Waals surface area contributed by atoms with Crippen LogP contribution < -0.4 is 0 Å². The van der Waals surface area contributed by atoms with E-state index in [9.17, 15) is 0 Å². The number of unbranched alkanes of at least 4 members (excludes halogenated alkanes) is 5. The van der Waals surface area contributed by atoms with Crippen LogP contribution in [0.3, 0.4) is 0 Å². The smallest absolute Gasteiger partial charge is 0.122 e. The molecule has 0 amide bonds. The van der Waals surface area contributed by atoms with Crippen LogP contribution in [0.2, 0.25) is 0 Å². The van der Waals surface area contributed by atoms with E-state index < -0.39 is 0 Å². The molecule has 1 unspecified atom stereocenters. The van der Waals surface area contributed by atoms with Gasteiger partial charge in [0.1, 0.15) is 5.76 Å². The van der Waals surface area contributed by atoms with E-state index in [4.69, 9.17) is 4.74 Å². The maximum Gasteiger partial charge on any atom is 0.122 e. The van der Waals surface area contributed by atoms with Crippen molar-refractivity contribution < 1.29 is 4.74 Å². The SMILES string of the molecule is C=C(C)c1ccc(C(=C)C=C(OC)C2=CCC(CCCCCCCC)CCC2)cc1. The Bertz CT molecular complexity index is 732. The van der Waals surface area contributed by atoms with Gasteiger partial charge >= 0.3 is 0 Å². The lowest BCUT2D eigenvalue weighted by atomic mass is 9.94. The molecule has 0 aliphatic heterocycles. The number of ether oxygens (including phenoxy) is 1. The molecule has 0 bridgehead atoms. The van der Waals surface area contributed by atoms with Crippen LogP contribution in [0.15, 0.2) is 60.9 Å². The molecule has 0 aromatic heterocycles. The van der Waals surface area contributed by atoms with Gasteiger partial charge in [-0.15, -0.1) is 0 Å². The van der Waals surface area contributed by atoms with E-state index >= 15 is 0 Å². The number of methoxy groups -OCH3 is 1. The molecule has 0 heterocycles. The van der Waals surface area contributed by atoms with Gasteiger partial charge in [-0.2, -0.15) is 0 Å². The molecule has 0 fully saturated rings. The normalized spacial score (nSPS) is 17.2. The summed E-state index contributed by atoms with van der Waals surface area (Å²) >= 11 is 0. The Morgan fingerprint density at radius 2 is 1.70 bits per heavy atom. The molecule has 1 aliphatic rings. The molecule has 1 aromatic rings. The lowest BCUT2D eigenvalue weighted by Crippen LogP contribution is -1.97. The molecule has 1 aliphatic carbocycles. The largest absolute Gasteiger partial charge is 0.496 e. The standard InChI is InChI=1S/C29H42O/c1-6-7-8-9-10-11-13-25-14-12-15-28(17-16-25)29(30-5)22-24(4)27-20-18-26(19-21-27)23(2)3/h17-22,25H,2,4,6-16H2,1,3,5H3. The first-order valence-corrected chi connectivity index (χ1v) is 12.0. The third-order valence-electron chi connectivity index (χ3n) is 6.31. The maximum atomic E-state index is 5.79. The molecule has 30 heavy (non-hydrogen) atoms. The van der Waals surface area contributed by atoms with Gasteiger partial charge in [0.2, 0.25) is 0 Å². The van der Waals surface area contributed by atoms with Crippen LogP contribution in [0.25, 0.3) is 11.1 Å². The van der Waals surface area contributed by atoms with E-state index in [1.807, 2.05) is 6.92 Å². The Kier molecular flexibility index (Phi) is 10.8. The number of rotatable bonds is 12. The molecule has 0 saturated heterocycles. The molecule has 2 rings (SSSR count). The summed E-state index contributed by atoms with van der Waals surface area (Å²) < 4.78 is 5.79. The van der Waals surface area contributed by atoms with Crippen LogP contribution in [0.4, 0.5) is 0 Å². The van der Waals surface area contributed by atoms with Crippen molar-refractivity contribution >= 4 is 11.1 Å². The lowest BCUT2D eigenvalue weighted by Gasteiger charge is -2.12. The highest BCUT2D eigenvalue weighted by Gasteiger charge is 2.15. The molecule has 0 spiro atoms. The third-order valence-corrected chi connectivity index (χ3v) is 6.31. The molecule has 0 saturated carbocycles. The van der Waals surface area contributed by atoms with Gasteiger partial charge in [-0.25, -0.2) is 0 Å². The average Bonchev–Trinajstić information content (AvgIpc) is 3.00. The summed E-state index contributed by atoms with van der Waals surface area (Å²) in [6.07, 6.45) is 19.1. The number of hydrogen-bond acceptors (Lipinski definition) is 1. The maximum absolute atomic E-state index is 5.79. The van der Waals surface area contributed by atoms with Crippen LogP contribution in [-0.2, 0) is 4.74 Å². The predicted molar refractivity (Wildman–Crippen MR) is 133 cm³/mol. The first-order chi connectivity index (χ1) is 14.5. The molecular formula is C29H42O. The zero-order chi connectivity index (χ0) is 21.8. The Balaban J connectivity index is 1.93. The molecule has 1 nitrogen and oxygen atoms in total. The van der Waals surface area contributed by atoms with Crippen LogP contribution >= 0.6 is 0 Å². The van der Waals surface area contributed by atoms with Gasteiger partial charge in [-0.1, -0.05) is 101 Å². The lowest BCUT2D eigenvalue weighted by molar-refractivity contribution is 0.298. The zero-order valence-corrected chi connectivity index (χ0v) is 19.6. The Morgan fingerprint density at radius 3 is 2.37 bits per heavy atom. The summed E-state index contributed by atoms with van der Waals surface area (Å²) in [5.41, 5.74) is 5.73. The highest BCUT2D eigenvalue weighted by atomic mass is 16.5. The van der Waals surface area contributed by atoms with E-state index in [-0.39, 0.29) is 0 Å². The van der Waals surface area contributed by atoms with E-state index in [1.54, 1.807) is 7.11 Å². The average molecular weight is 407 g/mol. The van der Waals surface area contributed by atoms with Gasteiger partial charge in [0.25, 0.3) is 0 Å². The Hall–Kier alpha value is -2.02. The first kappa shape index (κ1) is 24.3. The second-order valence-corrected chi connectivity index (χ2v) is 8.88. The van der Waals surface area contributed by atoms with Crippen molar-refractivity contribution in [3.63, 3.8) is 0 Å². The highest BCUT2D eigenvalue weighted by Crippen LogP contribution is 2.31. The van der Waals surface area contributed by atoms with E-state index in [1.165, 1.54) is 75.3 Å². The zero-order valence-electron chi connectivity index (χ0n) is 19.6. The van der Waals surface area contributed by atoms with Crippen LogP contribution in [0, 0.1) is 5.92 Å². The van der Waals surface area contributed by atoms with Gasteiger partial charge in [-0.05, 0) is 66.9 Å². The van der Waals surface area contributed by atoms with Crippen molar-refractivity contribution in [2.75, 3.05) is 7.11 Å². The summed E-state index contributed by atoms with van der Waals surface area (Å²) in [6, 6.07) is 8.46. The highest BCUT2D eigenvalue weighted by molar-refractivity contribution is 5.74. The van der Waals surface area contributed by atoms with Gasteiger partial charge < -0.3 is 4.74 Å². The molecule has 1 heteroatoms. The van der Waals surface area contributed by atoms with Crippen molar-refractivity contribution in [2.45, 2.75) is 84.5 Å². The minimum atomic E-state index is 0.838. The number of allylic oxidation sites excluding steroid dienone is 5. The molecule has 1 atom stereocenters. The number of benzene rings is 1. The summed E-state index contributed by atoms with van der Waals surface area (Å²) in [5, 5.41) is 0. The van der Waals surface area contributed by atoms with Crippen molar-refractivity contribution in [1.29, 1.82) is 0 Å². The van der Waals surface area contributed by atoms with Crippen molar-refractivity contribution in [3.05, 3.63) is 72.0 Å². The fraction of sp³-hybridized carbons (Fsp3) is 0.517. The summed E-state index contributed by atoms with van der Waals surface area (Å²) in [5.74, 6) is 1.81. The minimum Gasteiger partial charge on any atom is -0.496 e. The van der Waals surface area contributed by atoms with Crippen molar-refractivity contribution in [2.24, 2.45) is 5.92 Å². The molecular weight excluding hydrogens is 364 g/mol. The summed E-state index contributed by atoms with van der Waals surface area (Å²) in [4.78, 5) is 0. The minimum absolute atomic E-state index is 0.838. The van der Waals surface area contributed by atoms with Crippen LogP contribution in [0.5, 0.6) is 0 Å². The van der Waals surface area contributed by atoms with Gasteiger partial charge in [0, 0.05) is 0 Å². The van der Waals surface area contributed by atoms with Crippen LogP contribution in [0.1, 0.15) is 95.6 Å². The summed E-state index contributed by atoms with van der Waals surface area (Å²) in [6.45, 7) is 12.6. The van der Waals surface area contributed by atoms with Gasteiger partial charge in [-0.3, -0.25) is 0 Å². The second-order valence-electron chi connectivity index (χ2n) is 8.88. The van der Waals surface area contributed by atoms with Crippen LogP contribution in [-0.4, -0.2) is 7.11 Å². The van der Waals surface area contributed by atoms with E-state index in [0.29, 0.717) is 0 Å². The topological polar surface area (TPSA) is 9.23 Å². The van der Waals surface area contributed by atoms with Crippen molar-refractivity contribution in [1.82, 2.24) is 0 Å².